The molecule has 6 nitrogen and oxygen atoms in total. The molecule has 0 radical (unpaired) electrons. The van der Waals surface area contributed by atoms with Gasteiger partial charge in [0.2, 0.25) is 6.41 Å². The maximum absolute atomic E-state index is 13.6. The molecule has 0 fully saturated rings. The molecule has 1 amide bonds. The highest BCUT2D eigenvalue weighted by molar-refractivity contribution is 7.09. The van der Waals surface area contributed by atoms with Crippen LogP contribution in [-0.4, -0.2) is 13.5 Å². The lowest BCUT2D eigenvalue weighted by Gasteiger charge is -2.19. The molecule has 8 heteroatoms. The molecule has 0 aliphatic rings. The Labute approximate surface area is 132 Å². The Morgan fingerprint density at radius 3 is 2.64 bits per heavy atom. The van der Waals surface area contributed by atoms with Crippen LogP contribution in [0, 0.1) is 12.7 Å². The first kappa shape index (κ1) is 17.9. The Bertz CT molecular complexity index is 591. The smallest absolute Gasteiger partial charge is 0.221 e. The lowest BCUT2D eigenvalue weighted by Crippen LogP contribution is -2.26. The summed E-state index contributed by atoms with van der Waals surface area (Å²) in [6, 6.07) is 6.95. The van der Waals surface area contributed by atoms with Crippen LogP contribution in [0.3, 0.4) is 0 Å². The fourth-order valence-electron chi connectivity index (χ4n) is 1.65. The first-order chi connectivity index (χ1) is 10.5. The van der Waals surface area contributed by atoms with Crippen molar-refractivity contribution in [2.75, 3.05) is 12.1 Å². The molecule has 0 atom stereocenters. The number of amides is 1. The van der Waals surface area contributed by atoms with Gasteiger partial charge in [-0.1, -0.05) is 6.07 Å². The zero-order valence-corrected chi connectivity index (χ0v) is 13.2. The molecular formula is C14H19FN4O2S. The topological polar surface area (TPSA) is 93.6 Å². The lowest BCUT2D eigenvalue weighted by atomic mass is 10.2. The number of hydrazine groups is 2. The second-order valence-electron chi connectivity index (χ2n) is 4.28. The van der Waals surface area contributed by atoms with E-state index in [2.05, 4.69) is 5.84 Å². The van der Waals surface area contributed by atoms with Crippen LogP contribution in [0.25, 0.3) is 0 Å². The van der Waals surface area contributed by atoms with Gasteiger partial charge in [0.1, 0.15) is 18.2 Å². The molecule has 0 saturated carbocycles. The van der Waals surface area contributed by atoms with Crippen molar-refractivity contribution < 1.29 is 13.9 Å². The second kappa shape index (κ2) is 8.98. The van der Waals surface area contributed by atoms with Gasteiger partial charge in [-0.15, -0.1) is 11.3 Å². The maximum Gasteiger partial charge on any atom is 0.221 e. The number of nitrogens with zero attached hydrogens (tertiary/aromatic N) is 1. The number of hydrogen-bond donors (Lipinski definition) is 3. The summed E-state index contributed by atoms with van der Waals surface area (Å²) in [5.74, 6) is 10.3. The monoisotopic (exact) mass is 326 g/mol. The average Bonchev–Trinajstić information content (AvgIpc) is 3.02. The van der Waals surface area contributed by atoms with Gasteiger partial charge in [0.15, 0.2) is 0 Å². The summed E-state index contributed by atoms with van der Waals surface area (Å²) >= 11 is 1.60. The summed E-state index contributed by atoms with van der Waals surface area (Å²) < 4.78 is 19.3. The number of halogens is 1. The Balaban J connectivity index is 0.000000541. The summed E-state index contributed by atoms with van der Waals surface area (Å²) in [5.41, 5.74) is 2.90. The van der Waals surface area contributed by atoms with Crippen LogP contribution < -0.4 is 26.9 Å². The number of nitrogens with one attached hydrogen (secondary N) is 1. The van der Waals surface area contributed by atoms with Crippen LogP contribution in [0.2, 0.25) is 0 Å². The van der Waals surface area contributed by atoms with E-state index in [4.69, 9.17) is 15.4 Å². The highest BCUT2D eigenvalue weighted by Crippen LogP contribution is 2.32. The third-order valence-electron chi connectivity index (χ3n) is 2.71. The van der Waals surface area contributed by atoms with Crippen LogP contribution in [0.5, 0.6) is 5.75 Å². The van der Waals surface area contributed by atoms with E-state index in [1.54, 1.807) is 36.8 Å². The van der Waals surface area contributed by atoms with E-state index in [0.29, 0.717) is 30.0 Å². The summed E-state index contributed by atoms with van der Waals surface area (Å²) in [7, 11) is 1.70. The fraction of sp³-hybridized carbons (Fsp3) is 0.214. The standard InChI is InChI=1S/C13H15FN2OS.CH4N2O/c1-9-11(14)5-6-12(16(2)15)13(9)17-8-10-4-3-7-18-10;2-3-1-4/h3-7H,8,15H2,1-2H3;1H,2H2,(H,3,4). The third kappa shape index (κ3) is 4.99. The lowest BCUT2D eigenvalue weighted by molar-refractivity contribution is -0.109. The Hall–Kier alpha value is -2.16. The summed E-state index contributed by atoms with van der Waals surface area (Å²) in [4.78, 5) is 10.0. The van der Waals surface area contributed by atoms with Gasteiger partial charge < -0.3 is 9.75 Å². The number of carbonyl (C=O) groups is 1. The summed E-state index contributed by atoms with van der Waals surface area (Å²) in [5, 5.41) is 3.41. The van der Waals surface area contributed by atoms with Crippen molar-refractivity contribution in [2.45, 2.75) is 13.5 Å². The molecule has 5 N–H and O–H groups in total. The minimum atomic E-state index is -0.290. The molecule has 0 aliphatic carbocycles. The molecule has 2 rings (SSSR count). The Kier molecular flexibility index (Phi) is 7.30. The average molecular weight is 326 g/mol. The van der Waals surface area contributed by atoms with Crippen molar-refractivity contribution in [3.05, 3.63) is 45.9 Å². The normalized spacial score (nSPS) is 9.50. The molecule has 1 heterocycles. The van der Waals surface area contributed by atoms with E-state index in [-0.39, 0.29) is 5.82 Å². The van der Waals surface area contributed by atoms with Gasteiger partial charge in [0, 0.05) is 17.5 Å². The highest BCUT2D eigenvalue weighted by atomic mass is 32.1. The van der Waals surface area contributed by atoms with Crippen molar-refractivity contribution in [2.24, 2.45) is 11.7 Å². The number of carbonyl (C=O) groups excluding carboxylic acids is 1. The number of nitrogens with two attached hydrogens (primary N) is 2. The fourth-order valence-corrected chi connectivity index (χ4v) is 2.27. The van der Waals surface area contributed by atoms with Crippen LogP contribution >= 0.6 is 11.3 Å². The van der Waals surface area contributed by atoms with Gasteiger partial charge in [-0.3, -0.25) is 10.2 Å². The number of hydrogen-bond acceptors (Lipinski definition) is 6. The first-order valence-corrected chi connectivity index (χ1v) is 7.21. The van der Waals surface area contributed by atoms with Crippen LogP contribution in [0.4, 0.5) is 10.1 Å². The SMILES string of the molecule is Cc1c(F)ccc(N(C)N)c1OCc1cccs1.NNC=O. The van der Waals surface area contributed by atoms with Crippen molar-refractivity contribution in [3.63, 3.8) is 0 Å². The van der Waals surface area contributed by atoms with Gasteiger partial charge in [-0.25, -0.2) is 16.1 Å². The molecular weight excluding hydrogens is 307 g/mol. The van der Waals surface area contributed by atoms with Gasteiger partial charge >= 0.3 is 0 Å². The number of anilines is 1. The summed E-state index contributed by atoms with van der Waals surface area (Å²) in [6.45, 7) is 2.11. The molecule has 0 saturated heterocycles. The van der Waals surface area contributed by atoms with E-state index in [0.717, 1.165) is 4.88 Å². The van der Waals surface area contributed by atoms with Crippen LogP contribution in [0.1, 0.15) is 10.4 Å². The van der Waals surface area contributed by atoms with E-state index in [1.165, 1.54) is 11.1 Å². The number of ether oxygens (including phenoxy) is 1. The van der Waals surface area contributed by atoms with Crippen molar-refractivity contribution in [1.82, 2.24) is 5.43 Å². The zero-order chi connectivity index (χ0) is 16.5. The molecule has 1 aromatic heterocycles. The van der Waals surface area contributed by atoms with Gasteiger partial charge in [-0.2, -0.15) is 0 Å². The minimum Gasteiger partial charge on any atom is -0.485 e. The van der Waals surface area contributed by atoms with E-state index in [1.807, 2.05) is 17.5 Å². The second-order valence-corrected chi connectivity index (χ2v) is 5.32. The highest BCUT2D eigenvalue weighted by Gasteiger charge is 2.13. The predicted molar refractivity (Wildman–Crippen MR) is 85.8 cm³/mol. The number of benzene rings is 1. The molecule has 0 aliphatic heterocycles. The summed E-state index contributed by atoms with van der Waals surface area (Å²) in [6.07, 6.45) is 0.403. The van der Waals surface area contributed by atoms with Crippen molar-refractivity contribution >= 4 is 23.4 Å². The minimum absolute atomic E-state index is 0.290. The van der Waals surface area contributed by atoms with E-state index in [9.17, 15) is 4.39 Å². The van der Waals surface area contributed by atoms with Crippen molar-refractivity contribution in [1.29, 1.82) is 0 Å². The molecule has 120 valence electrons. The van der Waals surface area contributed by atoms with Crippen molar-refractivity contribution in [3.8, 4) is 5.75 Å². The predicted octanol–water partition coefficient (Wildman–Crippen LogP) is 1.69. The third-order valence-corrected chi connectivity index (χ3v) is 3.56. The van der Waals surface area contributed by atoms with Gasteiger partial charge in [0.25, 0.3) is 0 Å². The molecule has 22 heavy (non-hydrogen) atoms. The van der Waals surface area contributed by atoms with Gasteiger partial charge in [0.05, 0.1) is 5.69 Å². The van der Waals surface area contributed by atoms with Crippen LogP contribution in [0.15, 0.2) is 29.6 Å². The molecule has 2 aromatic rings. The van der Waals surface area contributed by atoms with E-state index < -0.39 is 0 Å². The maximum atomic E-state index is 13.6. The molecule has 1 aromatic carbocycles. The molecule has 0 bridgehead atoms. The van der Waals surface area contributed by atoms with Gasteiger partial charge in [-0.05, 0) is 30.5 Å². The zero-order valence-electron chi connectivity index (χ0n) is 12.4. The largest absolute Gasteiger partial charge is 0.485 e. The van der Waals surface area contributed by atoms with Crippen LogP contribution in [-0.2, 0) is 11.4 Å². The quantitative estimate of drug-likeness (QED) is 0.336. The first-order valence-electron chi connectivity index (χ1n) is 6.33. The molecule has 0 spiro atoms. The number of thiophene rings is 1. The Morgan fingerprint density at radius 1 is 1.45 bits per heavy atom. The van der Waals surface area contributed by atoms with E-state index >= 15 is 0 Å². The molecule has 0 unspecified atom stereocenters. The Morgan fingerprint density at radius 2 is 2.14 bits per heavy atom. The number of rotatable bonds is 5.